The first-order chi connectivity index (χ1) is 9.47. The molecule has 0 aliphatic rings. The minimum Gasteiger partial charge on any atom is -0.505 e. The molecule has 106 valence electrons. The van der Waals surface area contributed by atoms with E-state index in [-0.39, 0.29) is 5.75 Å². The fourth-order valence-electron chi connectivity index (χ4n) is 1.84. The Hall–Kier alpha value is -1.94. The molecule has 0 saturated carbocycles. The van der Waals surface area contributed by atoms with Gasteiger partial charge in [0.05, 0.1) is 10.7 Å². The van der Waals surface area contributed by atoms with Gasteiger partial charge in [0.2, 0.25) is 0 Å². The topological polar surface area (TPSA) is 35.5 Å². The molecule has 0 aromatic heterocycles. The third kappa shape index (κ3) is 3.33. The van der Waals surface area contributed by atoms with E-state index in [1.54, 1.807) is 6.07 Å². The van der Waals surface area contributed by atoms with Crippen LogP contribution >= 0.6 is 11.6 Å². The van der Waals surface area contributed by atoms with Crippen LogP contribution in [0.2, 0.25) is 5.02 Å². The number of nitrogens with zero attached hydrogens (tertiary/aromatic N) is 1. The van der Waals surface area contributed by atoms with Crippen LogP contribution in [0.25, 0.3) is 0 Å². The summed E-state index contributed by atoms with van der Waals surface area (Å²) >= 11 is 6.18. The van der Waals surface area contributed by atoms with Gasteiger partial charge in [-0.2, -0.15) is 0 Å². The van der Waals surface area contributed by atoms with E-state index in [1.807, 2.05) is 37.2 Å². The molecule has 2 N–H and O–H groups in total. The number of phenols is 1. The van der Waals surface area contributed by atoms with Crippen LogP contribution in [0.1, 0.15) is 5.56 Å². The molecule has 0 aliphatic carbocycles. The maximum atomic E-state index is 13.2. The van der Waals surface area contributed by atoms with Crippen LogP contribution in [0, 0.1) is 5.82 Å². The van der Waals surface area contributed by atoms with E-state index in [9.17, 15) is 4.39 Å². The highest BCUT2D eigenvalue weighted by Gasteiger charge is 2.05. The second-order valence-electron chi connectivity index (χ2n) is 4.70. The molecule has 2 aromatic carbocycles. The lowest BCUT2D eigenvalue weighted by Gasteiger charge is -2.15. The van der Waals surface area contributed by atoms with E-state index in [4.69, 9.17) is 16.7 Å². The normalized spacial score (nSPS) is 10.4. The zero-order valence-electron chi connectivity index (χ0n) is 11.3. The predicted octanol–water partition coefficient (Wildman–Crippen LogP) is 3.86. The number of nitrogens with one attached hydrogen (secondary N) is 1. The van der Waals surface area contributed by atoms with E-state index in [2.05, 4.69) is 5.32 Å². The molecule has 0 spiro atoms. The van der Waals surface area contributed by atoms with Gasteiger partial charge in [-0.1, -0.05) is 17.7 Å². The SMILES string of the molecule is CN(C)c1ccc(NCc2ccc(O)c(F)c2)cc1Cl. The summed E-state index contributed by atoms with van der Waals surface area (Å²) in [6, 6.07) is 9.97. The van der Waals surface area contributed by atoms with E-state index in [1.165, 1.54) is 12.1 Å². The lowest BCUT2D eigenvalue weighted by molar-refractivity contribution is 0.432. The molecule has 0 bridgehead atoms. The van der Waals surface area contributed by atoms with Crippen LogP contribution in [0.3, 0.4) is 0 Å². The van der Waals surface area contributed by atoms with Gasteiger partial charge in [0.15, 0.2) is 11.6 Å². The molecule has 0 atom stereocenters. The summed E-state index contributed by atoms with van der Waals surface area (Å²) in [5.74, 6) is -0.961. The second kappa shape index (κ2) is 6.01. The van der Waals surface area contributed by atoms with Gasteiger partial charge in [-0.15, -0.1) is 0 Å². The highest BCUT2D eigenvalue weighted by Crippen LogP contribution is 2.27. The van der Waals surface area contributed by atoms with Gasteiger partial charge in [0.1, 0.15) is 0 Å². The monoisotopic (exact) mass is 294 g/mol. The summed E-state index contributed by atoms with van der Waals surface area (Å²) < 4.78 is 13.2. The Morgan fingerprint density at radius 2 is 1.95 bits per heavy atom. The Morgan fingerprint density at radius 1 is 1.20 bits per heavy atom. The van der Waals surface area contributed by atoms with Crippen molar-refractivity contribution in [2.75, 3.05) is 24.3 Å². The number of hydrogen-bond acceptors (Lipinski definition) is 3. The first-order valence-corrected chi connectivity index (χ1v) is 6.53. The molecule has 0 radical (unpaired) electrons. The van der Waals surface area contributed by atoms with E-state index < -0.39 is 5.82 Å². The Labute approximate surface area is 122 Å². The van der Waals surface area contributed by atoms with Crippen molar-refractivity contribution in [3.8, 4) is 5.75 Å². The number of aromatic hydroxyl groups is 1. The van der Waals surface area contributed by atoms with E-state index in [0.29, 0.717) is 11.6 Å². The number of halogens is 2. The Balaban J connectivity index is 2.07. The molecule has 3 nitrogen and oxygen atoms in total. The molecule has 20 heavy (non-hydrogen) atoms. The number of phenolic OH excluding ortho intramolecular Hbond substituents is 1. The van der Waals surface area contributed by atoms with Crippen molar-refractivity contribution < 1.29 is 9.50 Å². The van der Waals surface area contributed by atoms with Crippen molar-refractivity contribution in [3.63, 3.8) is 0 Å². The van der Waals surface area contributed by atoms with Crippen molar-refractivity contribution in [2.24, 2.45) is 0 Å². The van der Waals surface area contributed by atoms with Crippen LogP contribution in [-0.2, 0) is 6.54 Å². The van der Waals surface area contributed by atoms with Gasteiger partial charge in [-0.3, -0.25) is 0 Å². The molecule has 0 unspecified atom stereocenters. The largest absolute Gasteiger partial charge is 0.505 e. The van der Waals surface area contributed by atoms with E-state index in [0.717, 1.165) is 16.9 Å². The zero-order chi connectivity index (χ0) is 14.7. The summed E-state index contributed by atoms with van der Waals surface area (Å²) in [5.41, 5.74) is 2.54. The molecular formula is C15H16ClFN2O. The van der Waals surface area contributed by atoms with Crippen molar-refractivity contribution >= 4 is 23.0 Å². The van der Waals surface area contributed by atoms with Crippen LogP contribution in [0.15, 0.2) is 36.4 Å². The number of anilines is 2. The summed E-state index contributed by atoms with van der Waals surface area (Å²) in [6.07, 6.45) is 0. The third-order valence-electron chi connectivity index (χ3n) is 2.94. The second-order valence-corrected chi connectivity index (χ2v) is 5.11. The Kier molecular flexibility index (Phi) is 4.35. The molecule has 0 fully saturated rings. The summed E-state index contributed by atoms with van der Waals surface area (Å²) in [6.45, 7) is 0.453. The first kappa shape index (κ1) is 14.5. The number of hydrogen-bond donors (Lipinski definition) is 2. The highest BCUT2D eigenvalue weighted by atomic mass is 35.5. The fraction of sp³-hybridized carbons (Fsp3) is 0.200. The Morgan fingerprint density at radius 3 is 2.55 bits per heavy atom. The fourth-order valence-corrected chi connectivity index (χ4v) is 2.19. The maximum absolute atomic E-state index is 13.2. The van der Waals surface area contributed by atoms with Crippen LogP contribution in [-0.4, -0.2) is 19.2 Å². The van der Waals surface area contributed by atoms with Crippen LogP contribution < -0.4 is 10.2 Å². The summed E-state index contributed by atoms with van der Waals surface area (Å²) in [5, 5.41) is 12.9. The standard InChI is InChI=1S/C15H16ClFN2O/c1-19(2)14-5-4-11(8-12(14)16)18-9-10-3-6-15(20)13(17)7-10/h3-8,18,20H,9H2,1-2H3. The van der Waals surface area contributed by atoms with Gasteiger partial charge < -0.3 is 15.3 Å². The average molecular weight is 295 g/mol. The molecular weight excluding hydrogens is 279 g/mol. The van der Waals surface area contributed by atoms with Crippen molar-refractivity contribution in [2.45, 2.75) is 6.54 Å². The molecule has 0 heterocycles. The van der Waals surface area contributed by atoms with Crippen LogP contribution in [0.5, 0.6) is 5.75 Å². The predicted molar refractivity (Wildman–Crippen MR) is 81.2 cm³/mol. The van der Waals surface area contributed by atoms with Gasteiger partial charge >= 0.3 is 0 Å². The molecule has 0 saturated heterocycles. The van der Waals surface area contributed by atoms with E-state index >= 15 is 0 Å². The van der Waals surface area contributed by atoms with Crippen LogP contribution in [0.4, 0.5) is 15.8 Å². The summed E-state index contributed by atoms with van der Waals surface area (Å²) in [4.78, 5) is 1.93. The number of rotatable bonds is 4. The highest BCUT2D eigenvalue weighted by molar-refractivity contribution is 6.33. The van der Waals surface area contributed by atoms with Crippen molar-refractivity contribution in [3.05, 3.63) is 52.8 Å². The van der Waals surface area contributed by atoms with Gasteiger partial charge in [0.25, 0.3) is 0 Å². The smallest absolute Gasteiger partial charge is 0.165 e. The molecule has 2 rings (SSSR count). The molecule has 0 amide bonds. The van der Waals surface area contributed by atoms with Crippen molar-refractivity contribution in [1.29, 1.82) is 0 Å². The molecule has 0 aliphatic heterocycles. The minimum absolute atomic E-state index is 0.341. The molecule has 2 aromatic rings. The quantitative estimate of drug-likeness (QED) is 0.899. The van der Waals surface area contributed by atoms with Crippen molar-refractivity contribution in [1.82, 2.24) is 0 Å². The summed E-state index contributed by atoms with van der Waals surface area (Å²) in [7, 11) is 3.85. The lowest BCUT2D eigenvalue weighted by Crippen LogP contribution is -2.09. The Bertz CT molecular complexity index is 617. The van der Waals surface area contributed by atoms with Gasteiger partial charge in [-0.05, 0) is 35.9 Å². The van der Waals surface area contributed by atoms with Gasteiger partial charge in [-0.25, -0.2) is 4.39 Å². The maximum Gasteiger partial charge on any atom is 0.165 e. The molecule has 5 heteroatoms. The average Bonchev–Trinajstić information content (AvgIpc) is 2.40. The lowest BCUT2D eigenvalue weighted by atomic mass is 10.2. The third-order valence-corrected chi connectivity index (χ3v) is 3.24. The minimum atomic E-state index is -0.620. The zero-order valence-corrected chi connectivity index (χ0v) is 12.1. The van der Waals surface area contributed by atoms with Gasteiger partial charge in [0, 0.05) is 26.3 Å². The number of benzene rings is 2. The first-order valence-electron chi connectivity index (χ1n) is 6.15.